The minimum absolute atomic E-state index is 0.349. The zero-order valence-electron chi connectivity index (χ0n) is 9.76. The molecule has 1 aliphatic heterocycles. The molecule has 90 valence electrons. The highest BCUT2D eigenvalue weighted by atomic mass is 16.5. The van der Waals surface area contributed by atoms with E-state index in [4.69, 9.17) is 4.52 Å². The van der Waals surface area contributed by atoms with Crippen LogP contribution in [0.5, 0.6) is 0 Å². The minimum atomic E-state index is 0.349. The lowest BCUT2D eigenvalue weighted by Gasteiger charge is -2.18. The molecule has 17 heavy (non-hydrogen) atoms. The summed E-state index contributed by atoms with van der Waals surface area (Å²) in [5, 5.41) is 11.4. The maximum absolute atomic E-state index is 5.33. The van der Waals surface area contributed by atoms with Gasteiger partial charge < -0.3 is 9.84 Å². The highest BCUT2D eigenvalue weighted by molar-refractivity contribution is 5.51. The Kier molecular flexibility index (Phi) is 2.64. The molecule has 0 aliphatic carbocycles. The summed E-state index contributed by atoms with van der Waals surface area (Å²) >= 11 is 0. The van der Waals surface area contributed by atoms with Gasteiger partial charge in [0.15, 0.2) is 0 Å². The zero-order chi connectivity index (χ0) is 11.7. The van der Waals surface area contributed by atoms with Gasteiger partial charge in [-0.25, -0.2) is 0 Å². The molecule has 6 heteroatoms. The molecule has 1 aliphatic rings. The van der Waals surface area contributed by atoms with E-state index >= 15 is 0 Å². The van der Waals surface area contributed by atoms with Crippen LogP contribution in [-0.4, -0.2) is 33.0 Å². The van der Waals surface area contributed by atoms with E-state index in [0.717, 1.165) is 37.4 Å². The maximum Gasteiger partial charge on any atom is 0.231 e. The van der Waals surface area contributed by atoms with Crippen molar-refractivity contribution in [3.8, 4) is 11.4 Å². The number of rotatable bonds is 2. The van der Waals surface area contributed by atoms with E-state index in [-0.39, 0.29) is 0 Å². The van der Waals surface area contributed by atoms with Crippen molar-refractivity contribution >= 4 is 0 Å². The van der Waals surface area contributed by atoms with E-state index in [1.807, 2.05) is 13.2 Å². The predicted molar refractivity (Wildman–Crippen MR) is 61.3 cm³/mol. The van der Waals surface area contributed by atoms with Gasteiger partial charge in [0.05, 0.1) is 17.7 Å². The number of aromatic nitrogens is 4. The molecule has 3 rings (SSSR count). The standard InChI is InChI=1S/C11H15N5O/c1-16-7-9(6-13-16)10-14-11(17-15-10)8-3-2-4-12-5-8/h6-8,12H,2-5H2,1H3/t8-/m0/s1. The molecule has 1 N–H and O–H groups in total. The van der Waals surface area contributed by atoms with E-state index in [0.29, 0.717) is 11.7 Å². The van der Waals surface area contributed by atoms with Crippen molar-refractivity contribution in [1.29, 1.82) is 0 Å². The summed E-state index contributed by atoms with van der Waals surface area (Å²) in [5.74, 6) is 1.70. The SMILES string of the molecule is Cn1cc(-c2noc([C@H]3CCCNC3)n2)cn1. The first-order valence-electron chi connectivity index (χ1n) is 5.86. The molecule has 0 amide bonds. The normalized spacial score (nSPS) is 20.6. The first-order chi connectivity index (χ1) is 8.33. The fraction of sp³-hybridized carbons (Fsp3) is 0.545. The molecule has 2 aromatic heterocycles. The molecule has 0 unspecified atom stereocenters. The first kappa shape index (κ1) is 10.5. The maximum atomic E-state index is 5.33. The van der Waals surface area contributed by atoms with Crippen molar-refractivity contribution in [2.45, 2.75) is 18.8 Å². The Hall–Kier alpha value is -1.69. The molecule has 0 spiro atoms. The van der Waals surface area contributed by atoms with Crippen LogP contribution in [-0.2, 0) is 7.05 Å². The summed E-state index contributed by atoms with van der Waals surface area (Å²) in [6.45, 7) is 2.01. The average Bonchev–Trinajstić information content (AvgIpc) is 2.98. The summed E-state index contributed by atoms with van der Waals surface area (Å²) in [5.41, 5.74) is 0.895. The van der Waals surface area contributed by atoms with Crippen molar-refractivity contribution in [3.63, 3.8) is 0 Å². The quantitative estimate of drug-likeness (QED) is 0.836. The van der Waals surface area contributed by atoms with E-state index in [1.54, 1.807) is 10.9 Å². The lowest BCUT2D eigenvalue weighted by molar-refractivity contribution is 0.322. The molecule has 1 fully saturated rings. The van der Waals surface area contributed by atoms with Gasteiger partial charge in [0.2, 0.25) is 11.7 Å². The number of piperidine rings is 1. The Morgan fingerprint density at radius 1 is 1.53 bits per heavy atom. The van der Waals surface area contributed by atoms with Crippen molar-refractivity contribution in [3.05, 3.63) is 18.3 Å². The van der Waals surface area contributed by atoms with Crippen LogP contribution in [0.15, 0.2) is 16.9 Å². The van der Waals surface area contributed by atoms with E-state index in [9.17, 15) is 0 Å². The Bertz CT molecular complexity index is 497. The van der Waals surface area contributed by atoms with Gasteiger partial charge in [0, 0.05) is 19.8 Å². The average molecular weight is 233 g/mol. The highest BCUT2D eigenvalue weighted by Crippen LogP contribution is 2.24. The van der Waals surface area contributed by atoms with Crippen LogP contribution in [0.3, 0.4) is 0 Å². The Balaban J connectivity index is 1.82. The second-order valence-corrected chi connectivity index (χ2v) is 4.40. The van der Waals surface area contributed by atoms with Gasteiger partial charge in [0.1, 0.15) is 0 Å². The third-order valence-corrected chi connectivity index (χ3v) is 3.05. The third kappa shape index (κ3) is 2.08. The van der Waals surface area contributed by atoms with Crippen LogP contribution in [0.25, 0.3) is 11.4 Å². The fourth-order valence-electron chi connectivity index (χ4n) is 2.12. The first-order valence-corrected chi connectivity index (χ1v) is 5.86. The van der Waals surface area contributed by atoms with Crippen LogP contribution in [0.1, 0.15) is 24.7 Å². The molecular formula is C11H15N5O. The van der Waals surface area contributed by atoms with E-state index < -0.39 is 0 Å². The number of aryl methyl sites for hydroxylation is 1. The molecule has 6 nitrogen and oxygen atoms in total. The number of hydrogen-bond donors (Lipinski definition) is 1. The largest absolute Gasteiger partial charge is 0.339 e. The number of nitrogens with zero attached hydrogens (tertiary/aromatic N) is 4. The van der Waals surface area contributed by atoms with Gasteiger partial charge in [-0.1, -0.05) is 5.16 Å². The second-order valence-electron chi connectivity index (χ2n) is 4.40. The van der Waals surface area contributed by atoms with Crippen molar-refractivity contribution in [1.82, 2.24) is 25.2 Å². The molecule has 0 aromatic carbocycles. The van der Waals surface area contributed by atoms with E-state index in [2.05, 4.69) is 20.6 Å². The summed E-state index contributed by atoms with van der Waals surface area (Å²) < 4.78 is 7.06. The van der Waals surface area contributed by atoms with Crippen molar-refractivity contribution in [2.24, 2.45) is 7.05 Å². The number of hydrogen-bond acceptors (Lipinski definition) is 5. The van der Waals surface area contributed by atoms with Gasteiger partial charge in [-0.3, -0.25) is 4.68 Å². The number of nitrogens with one attached hydrogen (secondary N) is 1. The second kappa shape index (κ2) is 4.29. The summed E-state index contributed by atoms with van der Waals surface area (Å²) in [7, 11) is 1.87. The smallest absolute Gasteiger partial charge is 0.231 e. The van der Waals surface area contributed by atoms with Crippen LogP contribution < -0.4 is 5.32 Å². The molecule has 0 radical (unpaired) electrons. The zero-order valence-corrected chi connectivity index (χ0v) is 9.76. The van der Waals surface area contributed by atoms with E-state index in [1.165, 1.54) is 0 Å². The van der Waals surface area contributed by atoms with Crippen LogP contribution in [0, 0.1) is 0 Å². The van der Waals surface area contributed by atoms with Crippen LogP contribution in [0.2, 0.25) is 0 Å². The Labute approximate surface area is 99.0 Å². The lowest BCUT2D eigenvalue weighted by Crippen LogP contribution is -2.28. The molecular weight excluding hydrogens is 218 g/mol. The molecule has 0 bridgehead atoms. The predicted octanol–water partition coefficient (Wildman–Crippen LogP) is 0.937. The van der Waals surface area contributed by atoms with Gasteiger partial charge >= 0.3 is 0 Å². The molecule has 3 heterocycles. The summed E-state index contributed by atoms with van der Waals surface area (Å²) in [6.07, 6.45) is 5.90. The minimum Gasteiger partial charge on any atom is -0.339 e. The topological polar surface area (TPSA) is 68.8 Å². The molecule has 1 atom stereocenters. The fourth-order valence-corrected chi connectivity index (χ4v) is 2.12. The lowest BCUT2D eigenvalue weighted by atomic mass is 10.00. The van der Waals surface area contributed by atoms with Crippen molar-refractivity contribution < 1.29 is 4.52 Å². The van der Waals surface area contributed by atoms with Crippen molar-refractivity contribution in [2.75, 3.05) is 13.1 Å². The molecule has 1 saturated heterocycles. The van der Waals surface area contributed by atoms with Gasteiger partial charge in [-0.2, -0.15) is 10.1 Å². The molecule has 0 saturated carbocycles. The van der Waals surface area contributed by atoms with Gasteiger partial charge in [0.25, 0.3) is 0 Å². The van der Waals surface area contributed by atoms with Crippen LogP contribution >= 0.6 is 0 Å². The third-order valence-electron chi connectivity index (χ3n) is 3.05. The Morgan fingerprint density at radius 2 is 2.47 bits per heavy atom. The monoisotopic (exact) mass is 233 g/mol. The summed E-state index contributed by atoms with van der Waals surface area (Å²) in [6, 6.07) is 0. The highest BCUT2D eigenvalue weighted by Gasteiger charge is 2.21. The summed E-state index contributed by atoms with van der Waals surface area (Å²) in [4.78, 5) is 4.45. The Morgan fingerprint density at radius 3 is 3.18 bits per heavy atom. The van der Waals surface area contributed by atoms with Gasteiger partial charge in [-0.15, -0.1) is 0 Å². The van der Waals surface area contributed by atoms with Crippen LogP contribution in [0.4, 0.5) is 0 Å². The van der Waals surface area contributed by atoms with Gasteiger partial charge in [-0.05, 0) is 19.4 Å². The molecule has 2 aromatic rings.